The summed E-state index contributed by atoms with van der Waals surface area (Å²) in [6.45, 7) is 0.136. The minimum atomic E-state index is -0.437. The van der Waals surface area contributed by atoms with E-state index in [0.29, 0.717) is 11.3 Å². The van der Waals surface area contributed by atoms with Gasteiger partial charge in [0, 0.05) is 10.7 Å². The third-order valence-electron chi connectivity index (χ3n) is 2.61. The molecule has 0 amide bonds. The lowest BCUT2D eigenvalue weighted by atomic mass is 10.1. The number of nitrogens with one attached hydrogen (secondary N) is 1. The standard InChI is InChI=1S/C14H12BrNO4/c1-19-13(17)10-4-2-9(3-5-10)8-20-14(18)12-6-11(15)7-16-12/h2-7,16H,8H2,1H3. The molecule has 0 saturated carbocycles. The highest BCUT2D eigenvalue weighted by Gasteiger charge is 2.10. The molecule has 2 aromatic rings. The van der Waals surface area contributed by atoms with Crippen molar-refractivity contribution in [2.75, 3.05) is 7.11 Å². The molecule has 0 aliphatic rings. The van der Waals surface area contributed by atoms with Gasteiger partial charge in [0.15, 0.2) is 0 Å². The number of H-pyrrole nitrogens is 1. The van der Waals surface area contributed by atoms with Gasteiger partial charge in [-0.25, -0.2) is 9.59 Å². The van der Waals surface area contributed by atoms with Crippen molar-refractivity contribution < 1.29 is 19.1 Å². The van der Waals surface area contributed by atoms with Crippen molar-refractivity contribution in [3.05, 3.63) is 57.8 Å². The third kappa shape index (κ3) is 3.48. The summed E-state index contributed by atoms with van der Waals surface area (Å²) in [6.07, 6.45) is 1.65. The summed E-state index contributed by atoms with van der Waals surface area (Å²) in [7, 11) is 1.33. The first-order valence-electron chi connectivity index (χ1n) is 5.78. The molecule has 1 N–H and O–H groups in total. The van der Waals surface area contributed by atoms with Gasteiger partial charge in [-0.2, -0.15) is 0 Å². The first-order valence-corrected chi connectivity index (χ1v) is 6.58. The Morgan fingerprint density at radius 1 is 1.20 bits per heavy atom. The van der Waals surface area contributed by atoms with E-state index in [9.17, 15) is 9.59 Å². The van der Waals surface area contributed by atoms with Crippen LogP contribution in [0.15, 0.2) is 41.0 Å². The van der Waals surface area contributed by atoms with Crippen LogP contribution in [0.25, 0.3) is 0 Å². The fourth-order valence-corrected chi connectivity index (χ4v) is 1.91. The summed E-state index contributed by atoms with van der Waals surface area (Å²) in [5.74, 6) is -0.836. The quantitative estimate of drug-likeness (QED) is 0.871. The van der Waals surface area contributed by atoms with Gasteiger partial charge in [0.2, 0.25) is 0 Å². The second kappa shape index (κ2) is 6.38. The number of carbonyl (C=O) groups excluding carboxylic acids is 2. The van der Waals surface area contributed by atoms with Crippen molar-refractivity contribution in [3.63, 3.8) is 0 Å². The summed E-state index contributed by atoms with van der Waals surface area (Å²) in [5, 5.41) is 0. The Morgan fingerprint density at radius 3 is 2.45 bits per heavy atom. The van der Waals surface area contributed by atoms with Crippen molar-refractivity contribution in [3.8, 4) is 0 Å². The summed E-state index contributed by atoms with van der Waals surface area (Å²) in [4.78, 5) is 25.8. The number of halogens is 1. The molecule has 6 heteroatoms. The van der Waals surface area contributed by atoms with E-state index in [1.165, 1.54) is 7.11 Å². The van der Waals surface area contributed by atoms with Crippen molar-refractivity contribution in [2.24, 2.45) is 0 Å². The molecule has 0 fully saturated rings. The third-order valence-corrected chi connectivity index (χ3v) is 3.07. The Bertz CT molecular complexity index is 618. The van der Waals surface area contributed by atoms with Crippen LogP contribution >= 0.6 is 15.9 Å². The average Bonchev–Trinajstić information content (AvgIpc) is 2.91. The van der Waals surface area contributed by atoms with E-state index in [2.05, 4.69) is 25.7 Å². The Hall–Kier alpha value is -2.08. The fourth-order valence-electron chi connectivity index (χ4n) is 1.57. The SMILES string of the molecule is COC(=O)c1ccc(COC(=O)c2cc(Br)c[nH]2)cc1. The lowest BCUT2D eigenvalue weighted by Gasteiger charge is -2.04. The average molecular weight is 338 g/mol. The molecule has 0 bridgehead atoms. The maximum atomic E-state index is 11.7. The van der Waals surface area contributed by atoms with Gasteiger partial charge in [-0.3, -0.25) is 0 Å². The molecule has 0 unspecified atom stereocenters. The lowest BCUT2D eigenvalue weighted by molar-refractivity contribution is 0.0465. The van der Waals surface area contributed by atoms with E-state index in [-0.39, 0.29) is 6.61 Å². The predicted octanol–water partition coefficient (Wildman–Crippen LogP) is 2.92. The number of hydrogen-bond donors (Lipinski definition) is 1. The zero-order chi connectivity index (χ0) is 14.5. The van der Waals surface area contributed by atoms with Crippen LogP contribution in [-0.4, -0.2) is 24.0 Å². The second-order valence-electron chi connectivity index (χ2n) is 4.00. The number of esters is 2. The molecule has 104 valence electrons. The van der Waals surface area contributed by atoms with Crippen molar-refractivity contribution in [2.45, 2.75) is 6.61 Å². The summed E-state index contributed by atoms with van der Waals surface area (Å²) in [6, 6.07) is 8.32. The molecule has 20 heavy (non-hydrogen) atoms. The van der Waals surface area contributed by atoms with E-state index in [4.69, 9.17) is 4.74 Å². The molecule has 0 saturated heterocycles. The monoisotopic (exact) mass is 337 g/mol. The predicted molar refractivity (Wildman–Crippen MR) is 75.4 cm³/mol. The Balaban J connectivity index is 1.94. The second-order valence-corrected chi connectivity index (χ2v) is 4.91. The number of rotatable bonds is 4. The Kier molecular flexibility index (Phi) is 4.57. The van der Waals surface area contributed by atoms with E-state index in [1.54, 1.807) is 36.5 Å². The van der Waals surface area contributed by atoms with Gasteiger partial charge in [0.05, 0.1) is 12.7 Å². The topological polar surface area (TPSA) is 68.4 Å². The zero-order valence-electron chi connectivity index (χ0n) is 10.7. The van der Waals surface area contributed by atoms with E-state index in [1.807, 2.05) is 0 Å². The highest BCUT2D eigenvalue weighted by molar-refractivity contribution is 9.10. The van der Waals surface area contributed by atoms with Gasteiger partial charge in [-0.05, 0) is 39.7 Å². The van der Waals surface area contributed by atoms with E-state index >= 15 is 0 Å². The van der Waals surface area contributed by atoms with Crippen molar-refractivity contribution >= 4 is 27.9 Å². The molecule has 1 heterocycles. The number of benzene rings is 1. The minimum absolute atomic E-state index is 0.136. The van der Waals surface area contributed by atoms with Crippen molar-refractivity contribution in [1.82, 2.24) is 4.98 Å². The number of aromatic amines is 1. The van der Waals surface area contributed by atoms with Gasteiger partial charge in [0.25, 0.3) is 0 Å². The number of carbonyl (C=O) groups is 2. The van der Waals surface area contributed by atoms with Crippen LogP contribution in [-0.2, 0) is 16.1 Å². The number of methoxy groups -OCH3 is 1. The molecule has 0 atom stereocenters. The minimum Gasteiger partial charge on any atom is -0.465 e. The lowest BCUT2D eigenvalue weighted by Crippen LogP contribution is -2.06. The van der Waals surface area contributed by atoms with Crippen LogP contribution in [0.2, 0.25) is 0 Å². The number of aromatic nitrogens is 1. The van der Waals surface area contributed by atoms with Crippen LogP contribution in [0.3, 0.4) is 0 Å². The molecule has 0 radical (unpaired) electrons. The highest BCUT2D eigenvalue weighted by atomic mass is 79.9. The summed E-state index contributed by atoms with van der Waals surface area (Å²) < 4.78 is 10.5. The van der Waals surface area contributed by atoms with Crippen LogP contribution in [0, 0.1) is 0 Å². The molecule has 0 spiro atoms. The van der Waals surface area contributed by atoms with Gasteiger partial charge in [0.1, 0.15) is 12.3 Å². The molecule has 1 aromatic carbocycles. The molecular formula is C14H12BrNO4. The Labute approximate surface area is 124 Å². The van der Waals surface area contributed by atoms with Crippen LogP contribution in [0.4, 0.5) is 0 Å². The normalized spacial score (nSPS) is 10.1. The van der Waals surface area contributed by atoms with Crippen molar-refractivity contribution in [1.29, 1.82) is 0 Å². The van der Waals surface area contributed by atoms with E-state index < -0.39 is 11.9 Å². The number of ether oxygens (including phenoxy) is 2. The van der Waals surface area contributed by atoms with E-state index in [0.717, 1.165) is 10.0 Å². The Morgan fingerprint density at radius 2 is 1.90 bits per heavy atom. The zero-order valence-corrected chi connectivity index (χ0v) is 12.3. The molecule has 5 nitrogen and oxygen atoms in total. The number of hydrogen-bond acceptors (Lipinski definition) is 4. The highest BCUT2D eigenvalue weighted by Crippen LogP contribution is 2.13. The van der Waals surface area contributed by atoms with Gasteiger partial charge < -0.3 is 14.5 Å². The molecule has 2 rings (SSSR count). The molecule has 0 aliphatic heterocycles. The van der Waals surface area contributed by atoms with Gasteiger partial charge in [-0.15, -0.1) is 0 Å². The molecule has 0 aliphatic carbocycles. The maximum Gasteiger partial charge on any atom is 0.355 e. The van der Waals surface area contributed by atoms with Crippen LogP contribution in [0.1, 0.15) is 26.4 Å². The summed E-state index contributed by atoms with van der Waals surface area (Å²) >= 11 is 3.24. The first-order chi connectivity index (χ1) is 9.60. The van der Waals surface area contributed by atoms with Gasteiger partial charge in [-0.1, -0.05) is 12.1 Å². The van der Waals surface area contributed by atoms with Crippen LogP contribution in [0.5, 0.6) is 0 Å². The largest absolute Gasteiger partial charge is 0.465 e. The smallest absolute Gasteiger partial charge is 0.355 e. The van der Waals surface area contributed by atoms with Gasteiger partial charge >= 0.3 is 11.9 Å². The maximum absolute atomic E-state index is 11.7. The molecular weight excluding hydrogens is 326 g/mol. The van der Waals surface area contributed by atoms with Crippen LogP contribution < -0.4 is 0 Å². The molecule has 1 aromatic heterocycles. The summed E-state index contributed by atoms with van der Waals surface area (Å²) in [5.41, 5.74) is 1.62. The fraction of sp³-hybridized carbons (Fsp3) is 0.143. The first kappa shape index (κ1) is 14.3.